The zero-order chi connectivity index (χ0) is 16.4. The maximum atomic E-state index is 13.5. The summed E-state index contributed by atoms with van der Waals surface area (Å²) in [5, 5.41) is 0. The first-order valence-electron chi connectivity index (χ1n) is 7.01. The number of nitrogens with zero attached hydrogens (tertiary/aromatic N) is 1. The van der Waals surface area contributed by atoms with Gasteiger partial charge in [-0.3, -0.25) is 0 Å². The van der Waals surface area contributed by atoms with Crippen LogP contribution in [0.1, 0.15) is 22.7 Å². The number of aldehydes is 1. The summed E-state index contributed by atoms with van der Waals surface area (Å²) in [6.07, 6.45) is 0.672. The van der Waals surface area contributed by atoms with Crippen molar-refractivity contribution >= 4 is 17.6 Å². The third kappa shape index (κ3) is 3.05. The van der Waals surface area contributed by atoms with Crippen LogP contribution in [0.5, 0.6) is 0 Å². The number of carbonyl (C=O) groups excluding carboxylic acids is 1. The summed E-state index contributed by atoms with van der Waals surface area (Å²) in [5.41, 5.74) is 4.44. The van der Waals surface area contributed by atoms with Gasteiger partial charge in [-0.05, 0) is 35.7 Å². The van der Waals surface area contributed by atoms with E-state index in [4.69, 9.17) is 0 Å². The highest BCUT2D eigenvalue weighted by atomic mass is 32.1. The first-order valence-corrected chi connectivity index (χ1v) is 7.89. The van der Waals surface area contributed by atoms with Gasteiger partial charge >= 0.3 is 0 Å². The van der Waals surface area contributed by atoms with E-state index in [1.54, 1.807) is 5.51 Å². The van der Waals surface area contributed by atoms with Crippen molar-refractivity contribution in [2.45, 2.75) is 12.8 Å². The molecule has 0 saturated heterocycles. The number of hydrogen-bond acceptors (Lipinski definition) is 3. The third-order valence-corrected chi connectivity index (χ3v) is 4.53. The van der Waals surface area contributed by atoms with Gasteiger partial charge in [0.25, 0.3) is 0 Å². The largest absolute Gasteiger partial charge is 0.302 e. The van der Waals surface area contributed by atoms with Crippen LogP contribution in [0.15, 0.2) is 48.0 Å². The van der Waals surface area contributed by atoms with Crippen molar-refractivity contribution < 1.29 is 13.6 Å². The molecule has 116 valence electrons. The Morgan fingerprint density at radius 1 is 1.13 bits per heavy atom. The number of aromatic nitrogens is 1. The molecule has 2 nitrogen and oxygen atoms in total. The molecule has 0 fully saturated rings. The minimum absolute atomic E-state index is 0.262. The van der Waals surface area contributed by atoms with Gasteiger partial charge in [-0.1, -0.05) is 24.3 Å². The van der Waals surface area contributed by atoms with E-state index in [9.17, 15) is 13.6 Å². The lowest BCUT2D eigenvalue weighted by atomic mass is 9.93. The molecule has 0 saturated carbocycles. The van der Waals surface area contributed by atoms with Crippen LogP contribution in [-0.2, 0) is 4.79 Å². The van der Waals surface area contributed by atoms with Gasteiger partial charge in [0, 0.05) is 6.07 Å². The second-order valence-electron chi connectivity index (χ2n) is 5.20. The highest BCUT2D eigenvalue weighted by Crippen LogP contribution is 2.36. The number of rotatable bonds is 4. The second-order valence-corrected chi connectivity index (χ2v) is 6.05. The van der Waals surface area contributed by atoms with Crippen molar-refractivity contribution in [3.8, 4) is 10.4 Å². The van der Waals surface area contributed by atoms with Crippen LogP contribution in [0.2, 0.25) is 0 Å². The van der Waals surface area contributed by atoms with Gasteiger partial charge in [0.2, 0.25) is 0 Å². The molecule has 0 aliphatic rings. The van der Waals surface area contributed by atoms with Crippen molar-refractivity contribution in [3.05, 3.63) is 76.4 Å². The molecule has 0 amide bonds. The Balaban J connectivity index is 2.12. The van der Waals surface area contributed by atoms with E-state index in [2.05, 4.69) is 4.98 Å². The second kappa shape index (κ2) is 6.38. The Labute approximate surface area is 136 Å². The first kappa shape index (κ1) is 15.5. The van der Waals surface area contributed by atoms with Gasteiger partial charge in [0.1, 0.15) is 17.9 Å². The Morgan fingerprint density at radius 2 is 1.83 bits per heavy atom. The molecule has 5 heteroatoms. The number of thiazole rings is 1. The summed E-state index contributed by atoms with van der Waals surface area (Å²) in [5.74, 6) is -2.22. The van der Waals surface area contributed by atoms with Gasteiger partial charge < -0.3 is 4.79 Å². The number of aryl methyl sites for hydroxylation is 1. The van der Waals surface area contributed by atoms with Gasteiger partial charge in [0.15, 0.2) is 0 Å². The summed E-state index contributed by atoms with van der Waals surface area (Å²) >= 11 is 1.41. The summed E-state index contributed by atoms with van der Waals surface area (Å²) in [4.78, 5) is 16.7. The smallest absolute Gasteiger partial charge is 0.133 e. The maximum Gasteiger partial charge on any atom is 0.133 e. The monoisotopic (exact) mass is 329 g/mol. The minimum Gasteiger partial charge on any atom is -0.302 e. The minimum atomic E-state index is -0.805. The van der Waals surface area contributed by atoms with Crippen molar-refractivity contribution in [1.29, 1.82) is 0 Å². The molecule has 23 heavy (non-hydrogen) atoms. The van der Waals surface area contributed by atoms with Crippen molar-refractivity contribution in [3.63, 3.8) is 0 Å². The first-order chi connectivity index (χ1) is 11.1. The quantitative estimate of drug-likeness (QED) is 0.648. The standard InChI is InChI=1S/C18H13F2NOS/c1-11-4-2-3-5-15(11)18-17(21-10-23-18)16(9-22)12-6-13(19)8-14(20)7-12/h2-10,16H,1H3. The van der Waals surface area contributed by atoms with Crippen molar-refractivity contribution in [1.82, 2.24) is 4.98 Å². The van der Waals surface area contributed by atoms with E-state index in [0.29, 0.717) is 12.0 Å². The average molecular weight is 329 g/mol. The Morgan fingerprint density at radius 3 is 2.48 bits per heavy atom. The van der Waals surface area contributed by atoms with E-state index in [1.807, 2.05) is 31.2 Å². The van der Waals surface area contributed by atoms with Crippen LogP contribution >= 0.6 is 11.3 Å². The fourth-order valence-corrected chi connectivity index (χ4v) is 3.49. The molecule has 1 unspecified atom stereocenters. The maximum absolute atomic E-state index is 13.5. The number of hydrogen-bond donors (Lipinski definition) is 0. The normalized spacial score (nSPS) is 12.1. The number of benzene rings is 2. The van der Waals surface area contributed by atoms with E-state index >= 15 is 0 Å². The molecule has 1 heterocycles. The van der Waals surface area contributed by atoms with Crippen molar-refractivity contribution in [2.24, 2.45) is 0 Å². The van der Waals surface area contributed by atoms with E-state index in [-0.39, 0.29) is 5.56 Å². The van der Waals surface area contributed by atoms with Crippen LogP contribution in [0.25, 0.3) is 10.4 Å². The number of halogens is 2. The van der Waals surface area contributed by atoms with Crippen LogP contribution in [-0.4, -0.2) is 11.3 Å². The summed E-state index contributed by atoms with van der Waals surface area (Å²) < 4.78 is 27.0. The van der Waals surface area contributed by atoms with Crippen molar-refractivity contribution in [2.75, 3.05) is 0 Å². The van der Waals surface area contributed by atoms with Crippen LogP contribution < -0.4 is 0 Å². The van der Waals surface area contributed by atoms with E-state index < -0.39 is 17.6 Å². The predicted molar refractivity (Wildman–Crippen MR) is 86.6 cm³/mol. The lowest BCUT2D eigenvalue weighted by Gasteiger charge is -2.12. The highest BCUT2D eigenvalue weighted by Gasteiger charge is 2.22. The Hall–Kier alpha value is -2.40. The molecule has 0 spiro atoms. The average Bonchev–Trinajstić information content (AvgIpc) is 2.97. The third-order valence-electron chi connectivity index (χ3n) is 3.66. The Kier molecular flexibility index (Phi) is 4.30. The summed E-state index contributed by atoms with van der Waals surface area (Å²) in [6, 6.07) is 10.9. The molecule has 2 aromatic carbocycles. The lowest BCUT2D eigenvalue weighted by Crippen LogP contribution is -2.06. The SMILES string of the molecule is Cc1ccccc1-c1scnc1C(C=O)c1cc(F)cc(F)c1. The van der Waals surface area contributed by atoms with Gasteiger partial charge in [0.05, 0.1) is 22.0 Å². The zero-order valence-electron chi connectivity index (χ0n) is 12.3. The molecule has 1 atom stereocenters. The van der Waals surface area contributed by atoms with E-state index in [0.717, 1.165) is 22.1 Å². The van der Waals surface area contributed by atoms with Gasteiger partial charge in [-0.15, -0.1) is 11.3 Å². The van der Waals surface area contributed by atoms with Gasteiger partial charge in [-0.2, -0.15) is 0 Å². The molecule has 0 aliphatic heterocycles. The van der Waals surface area contributed by atoms with Crippen LogP contribution in [0.4, 0.5) is 8.78 Å². The molecular formula is C18H13F2NOS. The molecule has 0 N–H and O–H groups in total. The summed E-state index contributed by atoms with van der Waals surface area (Å²) in [6.45, 7) is 1.97. The molecular weight excluding hydrogens is 316 g/mol. The topological polar surface area (TPSA) is 30.0 Å². The van der Waals surface area contributed by atoms with Crippen LogP contribution in [0.3, 0.4) is 0 Å². The molecule has 3 aromatic rings. The molecule has 1 aromatic heterocycles. The lowest BCUT2D eigenvalue weighted by molar-refractivity contribution is -0.108. The fraction of sp³-hybridized carbons (Fsp3) is 0.111. The summed E-state index contributed by atoms with van der Waals surface area (Å²) in [7, 11) is 0. The molecule has 0 radical (unpaired) electrons. The Bertz CT molecular complexity index is 839. The van der Waals surface area contributed by atoms with Gasteiger partial charge in [-0.25, -0.2) is 13.8 Å². The molecule has 3 rings (SSSR count). The predicted octanol–water partition coefficient (Wildman–Crippen LogP) is 4.73. The number of carbonyl (C=O) groups is 1. The highest BCUT2D eigenvalue weighted by molar-refractivity contribution is 7.13. The van der Waals surface area contributed by atoms with E-state index in [1.165, 1.54) is 23.5 Å². The fourth-order valence-electron chi connectivity index (χ4n) is 2.56. The molecule has 0 bridgehead atoms. The molecule has 0 aliphatic carbocycles. The zero-order valence-corrected chi connectivity index (χ0v) is 13.1. The van der Waals surface area contributed by atoms with Crippen LogP contribution in [0, 0.1) is 18.6 Å².